The van der Waals surface area contributed by atoms with E-state index in [4.69, 9.17) is 33.2 Å². The Morgan fingerprint density at radius 3 is 1.84 bits per heavy atom. The maximum Gasteiger partial charge on any atom is 0.508 e. The molecule has 62 heavy (non-hydrogen) atoms. The highest BCUT2D eigenvalue weighted by Crippen LogP contribution is 2.30. The van der Waals surface area contributed by atoms with Crippen LogP contribution in [0.1, 0.15) is 182 Å². The first-order chi connectivity index (χ1) is 30.3. The average Bonchev–Trinajstić information content (AvgIpc) is 3.28. The molecule has 1 aliphatic heterocycles. The highest BCUT2D eigenvalue weighted by Gasteiger charge is 2.25. The lowest BCUT2D eigenvalue weighted by molar-refractivity contribution is -0.161. The Morgan fingerprint density at radius 2 is 1.23 bits per heavy atom. The largest absolute Gasteiger partial charge is 0.508 e. The second-order valence-electron chi connectivity index (χ2n) is 17.3. The first-order valence-corrected chi connectivity index (χ1v) is 24.8. The van der Waals surface area contributed by atoms with Crippen molar-refractivity contribution in [2.24, 2.45) is 17.8 Å². The van der Waals surface area contributed by atoms with Crippen LogP contribution < -0.4 is 0 Å². The van der Waals surface area contributed by atoms with Crippen molar-refractivity contribution in [3.05, 3.63) is 24.3 Å². The molecule has 1 saturated heterocycles. The minimum Gasteiger partial charge on any atom is -0.465 e. The van der Waals surface area contributed by atoms with Crippen molar-refractivity contribution in [2.75, 3.05) is 59.3 Å². The summed E-state index contributed by atoms with van der Waals surface area (Å²) in [5.41, 5.74) is 0. The number of esters is 3. The van der Waals surface area contributed by atoms with Gasteiger partial charge in [0, 0.05) is 44.9 Å². The van der Waals surface area contributed by atoms with Gasteiger partial charge in [0.1, 0.15) is 25.9 Å². The third-order valence-corrected chi connectivity index (χ3v) is 11.7. The smallest absolute Gasteiger partial charge is 0.465 e. The molecule has 0 spiro atoms. The van der Waals surface area contributed by atoms with Gasteiger partial charge in [0.25, 0.3) is 0 Å². The lowest BCUT2D eigenvalue weighted by atomic mass is 9.84. The van der Waals surface area contributed by atoms with Crippen molar-refractivity contribution in [3.63, 3.8) is 0 Å². The van der Waals surface area contributed by atoms with E-state index in [-0.39, 0.29) is 63.7 Å². The van der Waals surface area contributed by atoms with E-state index in [0.717, 1.165) is 115 Å². The van der Waals surface area contributed by atoms with Crippen LogP contribution in [0.25, 0.3) is 0 Å². The number of piperidine rings is 1. The minimum absolute atomic E-state index is 0.00286. The van der Waals surface area contributed by atoms with Crippen molar-refractivity contribution >= 4 is 24.1 Å². The Hall–Kier alpha value is -2.96. The Kier molecular flexibility index (Phi) is 33.3. The fourth-order valence-electron chi connectivity index (χ4n) is 7.88. The van der Waals surface area contributed by atoms with E-state index >= 15 is 0 Å². The van der Waals surface area contributed by atoms with Gasteiger partial charge in [-0.05, 0) is 122 Å². The summed E-state index contributed by atoms with van der Waals surface area (Å²) in [6.07, 6.45) is 28.4. The van der Waals surface area contributed by atoms with Crippen LogP contribution in [-0.2, 0) is 47.5 Å². The van der Waals surface area contributed by atoms with Crippen LogP contribution >= 0.6 is 0 Å². The Morgan fingerprint density at radius 1 is 0.613 bits per heavy atom. The van der Waals surface area contributed by atoms with Gasteiger partial charge in [-0.3, -0.25) is 14.4 Å². The summed E-state index contributed by atoms with van der Waals surface area (Å²) in [5.74, 6) is -0.679. The Labute approximate surface area is 375 Å². The van der Waals surface area contributed by atoms with Crippen LogP contribution in [0, 0.1) is 17.8 Å². The zero-order chi connectivity index (χ0) is 44.9. The standard InChI is InChI=1S/C50H87NO11/c1-5-9-12-14-16-21-35-56-49(57-36-22-17-15-13-10-6-2)33-32-47(53)59-40-44(41-61-50(55)60-38-43-25-23-34-51(8-4)37-43)39-58-46(52)26-19-20-27-48(54)62-45-30-28-42(29-31-45)24-18-11-7-3/h9-10,12-13,42-45,49H,5-8,11,14-41H2,1-4H3/b12-9-,13-10-. The maximum atomic E-state index is 13.0. The molecular weight excluding hydrogens is 791 g/mol. The highest BCUT2D eigenvalue weighted by atomic mass is 16.7. The molecule has 1 heterocycles. The van der Waals surface area contributed by atoms with Crippen LogP contribution in [0.15, 0.2) is 24.3 Å². The summed E-state index contributed by atoms with van der Waals surface area (Å²) in [6, 6.07) is 0. The molecule has 2 rings (SSSR count). The molecule has 358 valence electrons. The summed E-state index contributed by atoms with van der Waals surface area (Å²) in [4.78, 5) is 53.2. The molecule has 1 aliphatic carbocycles. The predicted molar refractivity (Wildman–Crippen MR) is 243 cm³/mol. The van der Waals surface area contributed by atoms with Gasteiger partial charge in [0.15, 0.2) is 6.29 Å². The molecule has 12 nitrogen and oxygen atoms in total. The molecule has 0 aromatic heterocycles. The molecule has 0 aromatic carbocycles. The van der Waals surface area contributed by atoms with E-state index in [0.29, 0.717) is 32.5 Å². The summed E-state index contributed by atoms with van der Waals surface area (Å²) in [6.45, 7) is 12.5. The Balaban J connectivity index is 1.82. The number of unbranched alkanes of at least 4 members (excludes halogenated alkanes) is 7. The number of allylic oxidation sites excluding steroid dienone is 4. The first-order valence-electron chi connectivity index (χ1n) is 24.8. The zero-order valence-electron chi connectivity index (χ0n) is 39.5. The van der Waals surface area contributed by atoms with Gasteiger partial charge in [-0.15, -0.1) is 0 Å². The molecule has 0 aromatic rings. The van der Waals surface area contributed by atoms with Gasteiger partial charge in [0.2, 0.25) is 0 Å². The zero-order valence-corrected chi connectivity index (χ0v) is 39.5. The van der Waals surface area contributed by atoms with Crippen molar-refractivity contribution in [3.8, 4) is 0 Å². The van der Waals surface area contributed by atoms with E-state index < -0.39 is 30.3 Å². The van der Waals surface area contributed by atoms with Crippen LogP contribution in [0.2, 0.25) is 0 Å². The number of likely N-dealkylation sites (tertiary alicyclic amines) is 1. The summed E-state index contributed by atoms with van der Waals surface area (Å²) < 4.78 is 39.9. The monoisotopic (exact) mass is 878 g/mol. The van der Waals surface area contributed by atoms with Crippen molar-refractivity contribution < 1.29 is 52.3 Å². The number of ether oxygens (including phenoxy) is 7. The predicted octanol–water partition coefficient (Wildman–Crippen LogP) is 11.2. The van der Waals surface area contributed by atoms with E-state index in [9.17, 15) is 19.2 Å². The molecule has 12 heteroatoms. The summed E-state index contributed by atoms with van der Waals surface area (Å²) in [7, 11) is 0. The molecule has 0 amide bonds. The van der Waals surface area contributed by atoms with Crippen LogP contribution in [0.4, 0.5) is 4.79 Å². The third kappa shape index (κ3) is 29.4. The maximum absolute atomic E-state index is 13.0. The molecular formula is C50H87NO11. The molecule has 0 bridgehead atoms. The molecule has 2 fully saturated rings. The van der Waals surface area contributed by atoms with E-state index in [1.54, 1.807) is 0 Å². The topological polar surface area (TPSA) is 136 Å². The minimum atomic E-state index is -0.798. The third-order valence-electron chi connectivity index (χ3n) is 11.7. The fourth-order valence-corrected chi connectivity index (χ4v) is 7.88. The highest BCUT2D eigenvalue weighted by molar-refractivity contribution is 5.71. The van der Waals surface area contributed by atoms with Crippen molar-refractivity contribution in [1.29, 1.82) is 0 Å². The number of hydrogen-bond acceptors (Lipinski definition) is 12. The van der Waals surface area contributed by atoms with E-state index in [1.807, 2.05) is 0 Å². The normalized spacial score (nSPS) is 18.9. The quantitative estimate of drug-likeness (QED) is 0.0195. The Bertz CT molecular complexity index is 1190. The second kappa shape index (κ2) is 37.4. The van der Waals surface area contributed by atoms with Gasteiger partial charge in [-0.1, -0.05) is 77.7 Å². The van der Waals surface area contributed by atoms with Crippen LogP contribution in [0.5, 0.6) is 0 Å². The van der Waals surface area contributed by atoms with Crippen LogP contribution in [-0.4, -0.2) is 101 Å². The van der Waals surface area contributed by atoms with E-state index in [2.05, 4.69) is 56.9 Å². The number of carbonyl (C=O) groups excluding carboxylic acids is 4. The van der Waals surface area contributed by atoms with Gasteiger partial charge < -0.3 is 38.1 Å². The number of hydrogen-bond donors (Lipinski definition) is 0. The van der Waals surface area contributed by atoms with Crippen molar-refractivity contribution in [1.82, 2.24) is 4.90 Å². The SMILES string of the molecule is CC/C=C\CCCCOC(CCC(=O)OCC(COC(=O)CCCCC(=O)OC1CCC(CCCCC)CC1)COC(=O)OCC1CCCN(CC)C1)OCCCC/C=C\CC. The van der Waals surface area contributed by atoms with Gasteiger partial charge in [-0.25, -0.2) is 4.79 Å². The van der Waals surface area contributed by atoms with Gasteiger partial charge >= 0.3 is 24.1 Å². The van der Waals surface area contributed by atoms with E-state index in [1.165, 1.54) is 25.7 Å². The van der Waals surface area contributed by atoms with Crippen molar-refractivity contribution in [2.45, 2.75) is 194 Å². The first kappa shape index (κ1) is 55.2. The van der Waals surface area contributed by atoms with Gasteiger partial charge in [0.05, 0.1) is 18.9 Å². The fraction of sp³-hybridized carbons (Fsp3) is 0.840. The number of carbonyl (C=O) groups is 4. The summed E-state index contributed by atoms with van der Waals surface area (Å²) in [5, 5.41) is 0. The lowest BCUT2D eigenvalue weighted by Crippen LogP contribution is -2.37. The average molecular weight is 878 g/mol. The van der Waals surface area contributed by atoms with Gasteiger partial charge in [-0.2, -0.15) is 0 Å². The molecule has 2 unspecified atom stereocenters. The number of rotatable bonds is 36. The molecule has 0 radical (unpaired) electrons. The molecule has 0 N–H and O–H groups in total. The lowest BCUT2D eigenvalue weighted by Gasteiger charge is -2.31. The molecule has 1 saturated carbocycles. The second-order valence-corrected chi connectivity index (χ2v) is 17.3. The molecule has 2 atom stereocenters. The molecule has 2 aliphatic rings. The summed E-state index contributed by atoms with van der Waals surface area (Å²) >= 11 is 0. The van der Waals surface area contributed by atoms with Crippen LogP contribution in [0.3, 0.4) is 0 Å². The number of nitrogens with zero attached hydrogens (tertiary/aromatic N) is 1.